The summed E-state index contributed by atoms with van der Waals surface area (Å²) in [5, 5.41) is 3.04. The lowest BCUT2D eigenvalue weighted by Crippen LogP contribution is -2.35. The third kappa shape index (κ3) is 4.54. The fraction of sp³-hybridized carbons (Fsp3) is 0.917. The monoisotopic (exact) mass is 275 g/mol. The van der Waals surface area contributed by atoms with Crippen molar-refractivity contribution in [3.05, 3.63) is 0 Å². The molecule has 88 valence electrons. The van der Waals surface area contributed by atoms with Crippen molar-refractivity contribution in [3.63, 3.8) is 0 Å². The van der Waals surface area contributed by atoms with Crippen LogP contribution in [0.25, 0.3) is 0 Å². The highest BCUT2D eigenvalue weighted by Gasteiger charge is 2.20. The van der Waals surface area contributed by atoms with Crippen LogP contribution in [0.2, 0.25) is 0 Å². The summed E-state index contributed by atoms with van der Waals surface area (Å²) in [7, 11) is 0. The van der Waals surface area contributed by atoms with Gasteiger partial charge in [0.25, 0.3) is 0 Å². The standard InChI is InChI=1S/C12H22BrNO/c1-3-11(13)12(15)14-8-10-6-4-5-9(2)7-10/h9-11H,3-8H2,1-2H3,(H,14,15). The molecule has 1 aliphatic carbocycles. The minimum Gasteiger partial charge on any atom is -0.355 e. The van der Waals surface area contributed by atoms with E-state index in [1.807, 2.05) is 6.92 Å². The Bertz CT molecular complexity index is 208. The van der Waals surface area contributed by atoms with Gasteiger partial charge in [0, 0.05) is 6.54 Å². The van der Waals surface area contributed by atoms with E-state index in [2.05, 4.69) is 28.2 Å². The SMILES string of the molecule is CCC(Br)C(=O)NCC1CCCC(C)C1. The van der Waals surface area contributed by atoms with Crippen LogP contribution in [0.5, 0.6) is 0 Å². The van der Waals surface area contributed by atoms with Crippen LogP contribution in [0.15, 0.2) is 0 Å². The summed E-state index contributed by atoms with van der Waals surface area (Å²) in [6.07, 6.45) is 6.10. The van der Waals surface area contributed by atoms with E-state index in [-0.39, 0.29) is 10.7 Å². The van der Waals surface area contributed by atoms with Gasteiger partial charge in [0.15, 0.2) is 0 Å². The smallest absolute Gasteiger partial charge is 0.233 e. The molecule has 1 amide bonds. The van der Waals surface area contributed by atoms with Gasteiger partial charge in [-0.15, -0.1) is 0 Å². The van der Waals surface area contributed by atoms with Gasteiger partial charge in [0.2, 0.25) is 5.91 Å². The summed E-state index contributed by atoms with van der Waals surface area (Å²) >= 11 is 3.37. The van der Waals surface area contributed by atoms with E-state index in [0.29, 0.717) is 5.92 Å². The summed E-state index contributed by atoms with van der Waals surface area (Å²) in [5.74, 6) is 1.69. The van der Waals surface area contributed by atoms with Crippen LogP contribution < -0.4 is 5.32 Å². The fourth-order valence-electron chi connectivity index (χ4n) is 2.29. The summed E-state index contributed by atoms with van der Waals surface area (Å²) in [5.41, 5.74) is 0. The van der Waals surface area contributed by atoms with E-state index in [4.69, 9.17) is 0 Å². The molecule has 1 N–H and O–H groups in total. The molecule has 0 heterocycles. The second-order valence-electron chi connectivity index (χ2n) is 4.76. The van der Waals surface area contributed by atoms with Gasteiger partial charge in [-0.05, 0) is 31.1 Å². The van der Waals surface area contributed by atoms with Crippen molar-refractivity contribution in [1.29, 1.82) is 0 Å². The lowest BCUT2D eigenvalue weighted by atomic mass is 9.82. The summed E-state index contributed by atoms with van der Waals surface area (Å²) in [6.45, 7) is 5.19. The molecule has 0 aromatic carbocycles. The predicted octanol–water partition coefficient (Wildman–Crippen LogP) is 3.10. The molecular formula is C12H22BrNO. The molecule has 15 heavy (non-hydrogen) atoms. The minimum atomic E-state index is -0.0153. The molecule has 3 heteroatoms. The number of halogens is 1. The highest BCUT2D eigenvalue weighted by atomic mass is 79.9. The Kier molecular flexibility index (Phi) is 5.65. The van der Waals surface area contributed by atoms with Gasteiger partial charge in [-0.2, -0.15) is 0 Å². The summed E-state index contributed by atoms with van der Waals surface area (Å²) in [4.78, 5) is 11.5. The highest BCUT2D eigenvalue weighted by molar-refractivity contribution is 9.10. The van der Waals surface area contributed by atoms with Gasteiger partial charge in [-0.1, -0.05) is 42.6 Å². The normalized spacial score (nSPS) is 28.5. The number of hydrogen-bond acceptors (Lipinski definition) is 1. The Hall–Kier alpha value is -0.0500. The maximum atomic E-state index is 11.5. The van der Waals surface area contributed by atoms with Crippen molar-refractivity contribution in [3.8, 4) is 0 Å². The largest absolute Gasteiger partial charge is 0.355 e. The molecule has 1 aliphatic rings. The third-order valence-electron chi connectivity index (χ3n) is 3.25. The second-order valence-corrected chi connectivity index (χ2v) is 5.86. The lowest BCUT2D eigenvalue weighted by molar-refractivity contribution is -0.120. The Morgan fingerprint density at radius 3 is 2.87 bits per heavy atom. The zero-order chi connectivity index (χ0) is 11.3. The first-order valence-corrected chi connectivity index (χ1v) is 6.96. The molecule has 0 aliphatic heterocycles. The topological polar surface area (TPSA) is 29.1 Å². The van der Waals surface area contributed by atoms with Crippen molar-refractivity contribution in [2.24, 2.45) is 11.8 Å². The van der Waals surface area contributed by atoms with E-state index in [9.17, 15) is 4.79 Å². The zero-order valence-electron chi connectivity index (χ0n) is 9.76. The molecule has 1 fully saturated rings. The van der Waals surface area contributed by atoms with Crippen LogP contribution >= 0.6 is 15.9 Å². The average molecular weight is 276 g/mol. The van der Waals surface area contributed by atoms with Gasteiger partial charge in [-0.3, -0.25) is 4.79 Å². The van der Waals surface area contributed by atoms with Crippen LogP contribution in [-0.4, -0.2) is 17.3 Å². The molecule has 0 aromatic heterocycles. The summed E-state index contributed by atoms with van der Waals surface area (Å²) in [6, 6.07) is 0. The minimum absolute atomic E-state index is 0.0153. The van der Waals surface area contributed by atoms with Crippen LogP contribution in [0.1, 0.15) is 46.0 Å². The van der Waals surface area contributed by atoms with E-state index >= 15 is 0 Å². The Labute approximate surface area is 101 Å². The van der Waals surface area contributed by atoms with E-state index < -0.39 is 0 Å². The molecule has 2 nitrogen and oxygen atoms in total. The molecule has 0 radical (unpaired) electrons. The van der Waals surface area contributed by atoms with Gasteiger partial charge >= 0.3 is 0 Å². The van der Waals surface area contributed by atoms with E-state index in [1.54, 1.807) is 0 Å². The second kappa shape index (κ2) is 6.51. The third-order valence-corrected chi connectivity index (χ3v) is 4.32. The first kappa shape index (κ1) is 13.0. The average Bonchev–Trinajstić information content (AvgIpc) is 2.25. The highest BCUT2D eigenvalue weighted by Crippen LogP contribution is 2.27. The van der Waals surface area contributed by atoms with Crippen molar-refractivity contribution >= 4 is 21.8 Å². The van der Waals surface area contributed by atoms with Crippen LogP contribution in [0, 0.1) is 11.8 Å². The van der Waals surface area contributed by atoms with Crippen LogP contribution in [0.3, 0.4) is 0 Å². The molecule has 3 atom stereocenters. The molecule has 0 bridgehead atoms. The number of carbonyl (C=O) groups excluding carboxylic acids is 1. The van der Waals surface area contributed by atoms with Crippen molar-refractivity contribution in [2.45, 2.75) is 50.8 Å². The molecular weight excluding hydrogens is 254 g/mol. The van der Waals surface area contributed by atoms with Gasteiger partial charge in [-0.25, -0.2) is 0 Å². The molecule has 1 saturated carbocycles. The quantitative estimate of drug-likeness (QED) is 0.785. The van der Waals surface area contributed by atoms with Crippen molar-refractivity contribution in [1.82, 2.24) is 5.32 Å². The number of rotatable bonds is 4. The van der Waals surface area contributed by atoms with Crippen LogP contribution in [-0.2, 0) is 4.79 Å². The maximum absolute atomic E-state index is 11.5. The predicted molar refractivity (Wildman–Crippen MR) is 67.1 cm³/mol. The van der Waals surface area contributed by atoms with E-state index in [0.717, 1.165) is 18.9 Å². The molecule has 0 spiro atoms. The molecule has 3 unspecified atom stereocenters. The lowest BCUT2D eigenvalue weighted by Gasteiger charge is -2.27. The fourth-order valence-corrected chi connectivity index (χ4v) is 2.45. The summed E-state index contributed by atoms with van der Waals surface area (Å²) < 4.78 is 0. The van der Waals surface area contributed by atoms with Gasteiger partial charge < -0.3 is 5.32 Å². The number of hydrogen-bond donors (Lipinski definition) is 1. The van der Waals surface area contributed by atoms with E-state index in [1.165, 1.54) is 25.7 Å². The number of alkyl halides is 1. The number of amides is 1. The Morgan fingerprint density at radius 2 is 2.27 bits per heavy atom. The molecule has 0 saturated heterocycles. The number of carbonyl (C=O) groups is 1. The number of nitrogens with one attached hydrogen (secondary N) is 1. The first-order chi connectivity index (χ1) is 7.13. The van der Waals surface area contributed by atoms with Crippen LogP contribution in [0.4, 0.5) is 0 Å². The Morgan fingerprint density at radius 1 is 1.53 bits per heavy atom. The molecule has 1 rings (SSSR count). The van der Waals surface area contributed by atoms with Crippen molar-refractivity contribution in [2.75, 3.05) is 6.54 Å². The molecule has 0 aromatic rings. The first-order valence-electron chi connectivity index (χ1n) is 6.05. The van der Waals surface area contributed by atoms with Gasteiger partial charge in [0.05, 0.1) is 4.83 Å². The zero-order valence-corrected chi connectivity index (χ0v) is 11.3. The van der Waals surface area contributed by atoms with Crippen molar-refractivity contribution < 1.29 is 4.79 Å². The Balaban J connectivity index is 2.21. The van der Waals surface area contributed by atoms with Gasteiger partial charge in [0.1, 0.15) is 0 Å². The maximum Gasteiger partial charge on any atom is 0.233 e.